The van der Waals surface area contributed by atoms with Gasteiger partial charge in [-0.2, -0.15) is 0 Å². The van der Waals surface area contributed by atoms with Gasteiger partial charge in [0.05, 0.1) is 0 Å². The molecule has 2 nitrogen and oxygen atoms in total. The maximum absolute atomic E-state index is 11.3. The van der Waals surface area contributed by atoms with Crippen LogP contribution in [0.5, 0.6) is 0 Å². The van der Waals surface area contributed by atoms with E-state index in [-0.39, 0.29) is 5.12 Å². The maximum atomic E-state index is 11.3. The van der Waals surface area contributed by atoms with Crippen LogP contribution >= 0.6 is 11.8 Å². The fourth-order valence-electron chi connectivity index (χ4n) is 0.775. The van der Waals surface area contributed by atoms with E-state index >= 15 is 0 Å². The molecule has 1 aromatic rings. The van der Waals surface area contributed by atoms with Gasteiger partial charge in [0.15, 0.2) is 0 Å². The van der Waals surface area contributed by atoms with Gasteiger partial charge in [0.2, 0.25) is 5.12 Å². The average Bonchev–Trinajstić information content (AvgIpc) is 2.19. The van der Waals surface area contributed by atoms with Crippen LogP contribution in [0, 0.1) is 0 Å². The summed E-state index contributed by atoms with van der Waals surface area (Å²) in [6, 6.07) is 8.94. The Morgan fingerprint density at radius 1 is 1.23 bits per heavy atom. The van der Waals surface area contributed by atoms with E-state index < -0.39 is 0 Å². The topological polar surface area (TPSA) is 34.1 Å². The zero-order valence-electron chi connectivity index (χ0n) is 6.84. The quantitative estimate of drug-likeness (QED) is 0.544. The molecular formula is C10H8O2S. The Kier molecular flexibility index (Phi) is 3.99. The minimum atomic E-state index is -0.0568. The monoisotopic (exact) mass is 192 g/mol. The Hall–Kier alpha value is -1.35. The predicted octanol–water partition coefficient (Wildman–Crippen LogP) is 2.27. The van der Waals surface area contributed by atoms with Crippen molar-refractivity contribution in [3.63, 3.8) is 0 Å². The molecule has 0 N–H and O–H groups in total. The van der Waals surface area contributed by atoms with Crippen molar-refractivity contribution in [1.82, 2.24) is 0 Å². The summed E-state index contributed by atoms with van der Waals surface area (Å²) >= 11 is 1.00. The second kappa shape index (κ2) is 5.32. The molecule has 0 aliphatic carbocycles. The van der Waals surface area contributed by atoms with E-state index in [0.717, 1.165) is 11.8 Å². The lowest BCUT2D eigenvalue weighted by Gasteiger charge is -1.94. The van der Waals surface area contributed by atoms with Crippen molar-refractivity contribution in [2.24, 2.45) is 0 Å². The molecule has 0 unspecified atom stereocenters. The molecule has 66 valence electrons. The van der Waals surface area contributed by atoms with E-state index in [1.165, 1.54) is 11.5 Å². The summed E-state index contributed by atoms with van der Waals surface area (Å²) in [5.74, 6) is 0. The summed E-state index contributed by atoms with van der Waals surface area (Å²) in [4.78, 5) is 21.2. The molecule has 0 fully saturated rings. The van der Waals surface area contributed by atoms with Gasteiger partial charge in [0.1, 0.15) is 6.29 Å². The number of carbonyl (C=O) groups is 2. The van der Waals surface area contributed by atoms with Gasteiger partial charge in [-0.15, -0.1) is 0 Å². The van der Waals surface area contributed by atoms with Crippen LogP contribution in [0.2, 0.25) is 0 Å². The third-order valence-electron chi connectivity index (χ3n) is 1.34. The summed E-state index contributed by atoms with van der Waals surface area (Å²) in [7, 11) is 0. The van der Waals surface area contributed by atoms with Crippen LogP contribution in [0.3, 0.4) is 0 Å². The zero-order chi connectivity index (χ0) is 9.52. The van der Waals surface area contributed by atoms with Crippen molar-refractivity contribution in [3.05, 3.63) is 47.4 Å². The first-order chi connectivity index (χ1) is 6.34. The average molecular weight is 192 g/mol. The van der Waals surface area contributed by atoms with Crippen LogP contribution in [-0.2, 0) is 4.79 Å². The molecular weight excluding hydrogens is 184 g/mol. The lowest BCUT2D eigenvalue weighted by molar-refractivity contribution is -0.104. The van der Waals surface area contributed by atoms with E-state index in [2.05, 4.69) is 0 Å². The van der Waals surface area contributed by atoms with Crippen LogP contribution in [0.4, 0.5) is 0 Å². The SMILES string of the molecule is O=C/C=C\SC(=O)c1ccccc1. The molecule has 1 aromatic carbocycles. The van der Waals surface area contributed by atoms with Gasteiger partial charge in [-0.05, 0) is 11.5 Å². The number of rotatable bonds is 3. The van der Waals surface area contributed by atoms with Gasteiger partial charge in [-0.3, -0.25) is 9.59 Å². The van der Waals surface area contributed by atoms with Crippen LogP contribution in [-0.4, -0.2) is 11.4 Å². The largest absolute Gasteiger partial charge is 0.299 e. The Morgan fingerprint density at radius 3 is 2.54 bits per heavy atom. The first-order valence-corrected chi connectivity index (χ1v) is 4.59. The van der Waals surface area contributed by atoms with Crippen LogP contribution in [0.25, 0.3) is 0 Å². The van der Waals surface area contributed by atoms with Crippen molar-refractivity contribution < 1.29 is 9.59 Å². The van der Waals surface area contributed by atoms with Crippen molar-refractivity contribution in [1.29, 1.82) is 0 Å². The molecule has 0 saturated heterocycles. The summed E-state index contributed by atoms with van der Waals surface area (Å²) in [5, 5.41) is 1.42. The highest BCUT2D eigenvalue weighted by atomic mass is 32.2. The highest BCUT2D eigenvalue weighted by Gasteiger charge is 2.01. The fourth-order valence-corrected chi connectivity index (χ4v) is 1.31. The number of hydrogen-bond donors (Lipinski definition) is 0. The first kappa shape index (κ1) is 9.74. The highest BCUT2D eigenvalue weighted by Crippen LogP contribution is 2.12. The minimum Gasteiger partial charge on any atom is -0.299 e. The Bertz CT molecular complexity index is 317. The highest BCUT2D eigenvalue weighted by molar-refractivity contribution is 8.16. The second-order valence-corrected chi connectivity index (χ2v) is 3.11. The molecule has 1 rings (SSSR count). The lowest BCUT2D eigenvalue weighted by atomic mass is 10.2. The molecule has 0 atom stereocenters. The first-order valence-electron chi connectivity index (χ1n) is 3.71. The zero-order valence-corrected chi connectivity index (χ0v) is 7.66. The fraction of sp³-hybridized carbons (Fsp3) is 0. The summed E-state index contributed by atoms with van der Waals surface area (Å²) in [5.41, 5.74) is 0.642. The van der Waals surface area contributed by atoms with Gasteiger partial charge in [-0.1, -0.05) is 42.1 Å². The summed E-state index contributed by atoms with van der Waals surface area (Å²) in [6.07, 6.45) is 1.94. The van der Waals surface area contributed by atoms with Crippen molar-refractivity contribution in [2.45, 2.75) is 0 Å². The van der Waals surface area contributed by atoms with Crippen LogP contribution in [0.1, 0.15) is 10.4 Å². The maximum Gasteiger partial charge on any atom is 0.223 e. The molecule has 0 spiro atoms. The standard InChI is InChI=1S/C10H8O2S/c11-7-4-8-13-10(12)9-5-2-1-3-6-9/h1-8H/b8-4-. The minimum absolute atomic E-state index is 0.0568. The van der Waals surface area contributed by atoms with E-state index in [4.69, 9.17) is 0 Å². The van der Waals surface area contributed by atoms with E-state index in [9.17, 15) is 9.59 Å². The number of allylic oxidation sites excluding steroid dienone is 1. The molecule has 0 aliphatic heterocycles. The van der Waals surface area contributed by atoms with Gasteiger partial charge < -0.3 is 0 Å². The third-order valence-corrected chi connectivity index (χ3v) is 2.08. The molecule has 0 saturated carbocycles. The van der Waals surface area contributed by atoms with Gasteiger partial charge in [0, 0.05) is 5.56 Å². The molecule has 0 radical (unpaired) electrons. The Labute approximate surface area is 80.6 Å². The molecule has 0 aliphatic rings. The molecule has 13 heavy (non-hydrogen) atoms. The molecule has 0 aromatic heterocycles. The number of aldehydes is 1. The van der Waals surface area contributed by atoms with Gasteiger partial charge >= 0.3 is 0 Å². The van der Waals surface area contributed by atoms with Crippen molar-refractivity contribution in [3.8, 4) is 0 Å². The summed E-state index contributed by atoms with van der Waals surface area (Å²) in [6.45, 7) is 0. The Balaban J connectivity index is 2.59. The number of hydrogen-bond acceptors (Lipinski definition) is 3. The number of benzene rings is 1. The third kappa shape index (κ3) is 3.25. The number of thioether (sulfide) groups is 1. The van der Waals surface area contributed by atoms with Crippen LogP contribution in [0.15, 0.2) is 41.8 Å². The normalized spacial score (nSPS) is 10.2. The molecule has 0 heterocycles. The van der Waals surface area contributed by atoms with Gasteiger partial charge in [0.25, 0.3) is 0 Å². The van der Waals surface area contributed by atoms with Crippen molar-refractivity contribution in [2.75, 3.05) is 0 Å². The van der Waals surface area contributed by atoms with E-state index in [1.807, 2.05) is 6.07 Å². The lowest BCUT2D eigenvalue weighted by Crippen LogP contribution is -1.89. The predicted molar refractivity (Wildman–Crippen MR) is 53.6 cm³/mol. The summed E-state index contributed by atoms with van der Waals surface area (Å²) < 4.78 is 0. The van der Waals surface area contributed by atoms with Crippen LogP contribution < -0.4 is 0 Å². The van der Waals surface area contributed by atoms with Gasteiger partial charge in [-0.25, -0.2) is 0 Å². The smallest absolute Gasteiger partial charge is 0.223 e. The van der Waals surface area contributed by atoms with E-state index in [0.29, 0.717) is 11.8 Å². The Morgan fingerprint density at radius 2 is 1.92 bits per heavy atom. The van der Waals surface area contributed by atoms with E-state index in [1.54, 1.807) is 24.3 Å². The molecule has 0 amide bonds. The second-order valence-electron chi connectivity index (χ2n) is 2.24. The molecule has 0 bridgehead atoms. The van der Waals surface area contributed by atoms with Crippen molar-refractivity contribution >= 4 is 23.2 Å². The number of carbonyl (C=O) groups excluding carboxylic acids is 2. The molecule has 3 heteroatoms.